The van der Waals surface area contributed by atoms with E-state index in [1.807, 2.05) is 4.90 Å². The maximum absolute atomic E-state index is 12.9. The Bertz CT molecular complexity index is 464. The lowest BCUT2D eigenvalue weighted by Crippen LogP contribution is -2.61. The van der Waals surface area contributed by atoms with Crippen molar-refractivity contribution in [1.82, 2.24) is 14.7 Å². The second-order valence-corrected chi connectivity index (χ2v) is 9.80. The van der Waals surface area contributed by atoms with Crippen LogP contribution in [0.2, 0.25) is 0 Å². The molecule has 2 aliphatic heterocycles. The first-order valence-corrected chi connectivity index (χ1v) is 10.2. The molecule has 0 unspecified atom stereocenters. The van der Waals surface area contributed by atoms with Crippen LogP contribution in [0.5, 0.6) is 0 Å². The first-order chi connectivity index (χ1) is 11.8. The Morgan fingerprint density at radius 2 is 1.68 bits per heavy atom. The van der Waals surface area contributed by atoms with Crippen LogP contribution in [-0.2, 0) is 4.79 Å². The van der Waals surface area contributed by atoms with Crippen molar-refractivity contribution in [2.75, 3.05) is 52.4 Å². The van der Waals surface area contributed by atoms with Gasteiger partial charge in [-0.05, 0) is 37.0 Å². The standard InChI is InChI=1S/C20H37N3O2/c1-19(2,3)15-23-9-5-8-20(25,18(23)24)16-22-12-10-21(11-13-22)14-17-6-4-7-17/h17,25H,4-16H2,1-3H3/t20-/m1/s1. The van der Waals surface area contributed by atoms with E-state index in [2.05, 4.69) is 30.6 Å². The number of hydrogen-bond donors (Lipinski definition) is 1. The van der Waals surface area contributed by atoms with E-state index in [1.54, 1.807) is 0 Å². The third-order valence-corrected chi connectivity index (χ3v) is 6.06. The van der Waals surface area contributed by atoms with Crippen molar-refractivity contribution in [3.05, 3.63) is 0 Å². The lowest BCUT2D eigenvalue weighted by atomic mass is 9.85. The molecule has 25 heavy (non-hydrogen) atoms. The summed E-state index contributed by atoms with van der Waals surface area (Å²) in [6.45, 7) is 13.8. The summed E-state index contributed by atoms with van der Waals surface area (Å²) in [7, 11) is 0. The van der Waals surface area contributed by atoms with E-state index in [4.69, 9.17) is 0 Å². The number of aliphatic hydroxyl groups is 1. The lowest BCUT2D eigenvalue weighted by Gasteiger charge is -2.44. The number of amides is 1. The monoisotopic (exact) mass is 351 g/mol. The number of piperazine rings is 1. The number of rotatable bonds is 5. The second-order valence-electron chi connectivity index (χ2n) is 9.80. The Morgan fingerprint density at radius 1 is 1.04 bits per heavy atom. The Morgan fingerprint density at radius 3 is 2.24 bits per heavy atom. The summed E-state index contributed by atoms with van der Waals surface area (Å²) in [6, 6.07) is 0. The van der Waals surface area contributed by atoms with Crippen molar-refractivity contribution in [3.63, 3.8) is 0 Å². The smallest absolute Gasteiger partial charge is 0.255 e. The van der Waals surface area contributed by atoms with E-state index < -0.39 is 5.60 Å². The molecule has 0 radical (unpaired) electrons. The molecule has 3 rings (SSSR count). The van der Waals surface area contributed by atoms with Crippen molar-refractivity contribution in [2.45, 2.75) is 58.5 Å². The van der Waals surface area contributed by atoms with Crippen molar-refractivity contribution >= 4 is 5.91 Å². The van der Waals surface area contributed by atoms with Gasteiger partial charge in [-0.3, -0.25) is 9.69 Å². The summed E-state index contributed by atoms with van der Waals surface area (Å²) >= 11 is 0. The summed E-state index contributed by atoms with van der Waals surface area (Å²) in [5.41, 5.74) is -1.11. The van der Waals surface area contributed by atoms with E-state index >= 15 is 0 Å². The van der Waals surface area contributed by atoms with Crippen LogP contribution in [0.3, 0.4) is 0 Å². The number of nitrogens with zero attached hydrogens (tertiary/aromatic N) is 3. The van der Waals surface area contributed by atoms with Crippen LogP contribution in [-0.4, -0.2) is 83.7 Å². The molecule has 2 saturated heterocycles. The van der Waals surface area contributed by atoms with Gasteiger partial charge in [-0.1, -0.05) is 27.2 Å². The van der Waals surface area contributed by atoms with E-state index in [1.165, 1.54) is 25.8 Å². The predicted molar refractivity (Wildman–Crippen MR) is 100 cm³/mol. The molecular formula is C20H37N3O2. The van der Waals surface area contributed by atoms with Crippen LogP contribution >= 0.6 is 0 Å². The summed E-state index contributed by atoms with van der Waals surface area (Å²) in [5.74, 6) is 0.868. The molecule has 0 aromatic rings. The van der Waals surface area contributed by atoms with Crippen LogP contribution in [0.4, 0.5) is 0 Å². The number of likely N-dealkylation sites (tertiary alicyclic amines) is 1. The molecule has 5 nitrogen and oxygen atoms in total. The molecule has 1 aliphatic carbocycles. The summed E-state index contributed by atoms with van der Waals surface area (Å²) < 4.78 is 0. The average Bonchev–Trinajstić information content (AvgIpc) is 2.48. The normalized spacial score (nSPS) is 30.6. The number of carbonyl (C=O) groups excluding carboxylic acids is 1. The van der Waals surface area contributed by atoms with E-state index in [9.17, 15) is 9.90 Å². The SMILES string of the molecule is CC(C)(C)CN1CCC[C@@](O)(CN2CCN(CC3CCC3)CC2)C1=O. The minimum atomic E-state index is -1.18. The first-order valence-electron chi connectivity index (χ1n) is 10.2. The van der Waals surface area contributed by atoms with Crippen molar-refractivity contribution in [2.24, 2.45) is 11.3 Å². The van der Waals surface area contributed by atoms with Gasteiger partial charge in [-0.25, -0.2) is 0 Å². The highest BCUT2D eigenvalue weighted by Crippen LogP contribution is 2.29. The molecule has 0 aromatic carbocycles. The zero-order valence-corrected chi connectivity index (χ0v) is 16.5. The third-order valence-electron chi connectivity index (χ3n) is 6.06. The molecule has 3 aliphatic rings. The maximum atomic E-state index is 12.9. The molecule has 0 aromatic heterocycles. The number of piperidine rings is 1. The Kier molecular flexibility index (Phi) is 5.76. The zero-order valence-electron chi connectivity index (χ0n) is 16.5. The lowest BCUT2D eigenvalue weighted by molar-refractivity contribution is -0.161. The van der Waals surface area contributed by atoms with Gasteiger partial charge < -0.3 is 14.9 Å². The van der Waals surface area contributed by atoms with Gasteiger partial charge in [0.2, 0.25) is 0 Å². The molecule has 1 saturated carbocycles. The molecule has 1 atom stereocenters. The fourth-order valence-electron chi connectivity index (χ4n) is 4.48. The van der Waals surface area contributed by atoms with E-state index in [0.29, 0.717) is 13.0 Å². The molecule has 1 N–H and O–H groups in total. The third kappa shape index (κ3) is 4.95. The van der Waals surface area contributed by atoms with Crippen molar-refractivity contribution in [1.29, 1.82) is 0 Å². The highest BCUT2D eigenvalue weighted by Gasteiger charge is 2.44. The van der Waals surface area contributed by atoms with Crippen molar-refractivity contribution < 1.29 is 9.90 Å². The Hall–Kier alpha value is -0.650. The van der Waals surface area contributed by atoms with Crippen LogP contribution in [0.25, 0.3) is 0 Å². The fourth-order valence-corrected chi connectivity index (χ4v) is 4.48. The minimum Gasteiger partial charge on any atom is -0.379 e. The van der Waals surface area contributed by atoms with Gasteiger partial charge >= 0.3 is 0 Å². The number of carbonyl (C=O) groups is 1. The topological polar surface area (TPSA) is 47.0 Å². The average molecular weight is 352 g/mol. The van der Waals surface area contributed by atoms with Crippen LogP contribution < -0.4 is 0 Å². The minimum absolute atomic E-state index is 0.0504. The van der Waals surface area contributed by atoms with E-state index in [0.717, 1.165) is 51.6 Å². The highest BCUT2D eigenvalue weighted by atomic mass is 16.3. The zero-order chi connectivity index (χ0) is 18.1. The highest BCUT2D eigenvalue weighted by molar-refractivity contribution is 5.86. The molecule has 2 heterocycles. The quantitative estimate of drug-likeness (QED) is 0.821. The summed E-state index contributed by atoms with van der Waals surface area (Å²) in [5, 5.41) is 11.1. The number of hydrogen-bond acceptors (Lipinski definition) is 4. The largest absolute Gasteiger partial charge is 0.379 e. The summed E-state index contributed by atoms with van der Waals surface area (Å²) in [4.78, 5) is 19.6. The molecule has 5 heteroatoms. The molecule has 0 bridgehead atoms. The molecule has 144 valence electrons. The van der Waals surface area contributed by atoms with Gasteiger partial charge in [0.25, 0.3) is 5.91 Å². The van der Waals surface area contributed by atoms with Gasteiger partial charge in [0, 0.05) is 52.4 Å². The first kappa shape index (κ1) is 19.1. The van der Waals surface area contributed by atoms with Gasteiger partial charge in [-0.2, -0.15) is 0 Å². The second kappa shape index (κ2) is 7.53. The molecule has 1 amide bonds. The van der Waals surface area contributed by atoms with Gasteiger partial charge in [0.1, 0.15) is 0 Å². The van der Waals surface area contributed by atoms with Crippen LogP contribution in [0, 0.1) is 11.3 Å². The van der Waals surface area contributed by atoms with Crippen molar-refractivity contribution in [3.8, 4) is 0 Å². The Balaban J connectivity index is 1.50. The van der Waals surface area contributed by atoms with E-state index in [-0.39, 0.29) is 11.3 Å². The molecule has 3 fully saturated rings. The number of β-amino-alcohol motifs (C(OH)–C–C–N with tert-alkyl or cyclic N) is 1. The van der Waals surface area contributed by atoms with Gasteiger partial charge in [-0.15, -0.1) is 0 Å². The molecular weight excluding hydrogens is 314 g/mol. The summed E-state index contributed by atoms with van der Waals surface area (Å²) in [6.07, 6.45) is 5.72. The predicted octanol–water partition coefficient (Wildman–Crippen LogP) is 1.80. The van der Waals surface area contributed by atoms with Crippen LogP contribution in [0.1, 0.15) is 52.9 Å². The molecule has 0 spiro atoms. The van der Waals surface area contributed by atoms with Gasteiger partial charge in [0.05, 0.1) is 0 Å². The maximum Gasteiger partial charge on any atom is 0.255 e. The van der Waals surface area contributed by atoms with Gasteiger partial charge in [0.15, 0.2) is 5.60 Å². The van der Waals surface area contributed by atoms with Crippen LogP contribution in [0.15, 0.2) is 0 Å². The fraction of sp³-hybridized carbons (Fsp3) is 0.950. The Labute approximate surface area is 153 Å².